The second-order valence-corrected chi connectivity index (χ2v) is 6.65. The minimum atomic E-state index is -0.266. The van der Waals surface area contributed by atoms with Crippen molar-refractivity contribution in [3.05, 3.63) is 66.1 Å². The standard InChI is InChI=1S/C21H19N5O2/c22-14-15-7-6-10-17(13-15)23-21(27)26-12-5-4-11-18(26)20-24-19(25-28-20)16-8-2-1-3-9-16/h1-3,6-10,13,18H,4-5,11-12H2,(H,23,27)/t18-/m1/s1. The molecule has 1 fully saturated rings. The fraction of sp³-hybridized carbons (Fsp3) is 0.238. The highest BCUT2D eigenvalue weighted by Gasteiger charge is 2.32. The number of rotatable bonds is 3. The molecule has 1 aliphatic rings. The number of nitrogens with zero attached hydrogens (tertiary/aromatic N) is 4. The molecule has 3 aromatic rings. The Hall–Kier alpha value is -3.66. The Kier molecular flexibility index (Phi) is 5.02. The molecule has 140 valence electrons. The minimum absolute atomic E-state index is 0.237. The second kappa shape index (κ2) is 7.92. The molecule has 0 aliphatic carbocycles. The van der Waals surface area contributed by atoms with E-state index in [9.17, 15) is 4.79 Å². The van der Waals surface area contributed by atoms with Crippen molar-refractivity contribution in [1.29, 1.82) is 5.26 Å². The van der Waals surface area contributed by atoms with Crippen molar-refractivity contribution in [2.24, 2.45) is 0 Å². The van der Waals surface area contributed by atoms with E-state index in [1.54, 1.807) is 29.2 Å². The smallest absolute Gasteiger partial charge is 0.322 e. The zero-order valence-electron chi connectivity index (χ0n) is 15.2. The number of piperidine rings is 1. The Labute approximate surface area is 162 Å². The van der Waals surface area contributed by atoms with Crippen molar-refractivity contribution < 1.29 is 9.32 Å². The Morgan fingerprint density at radius 1 is 1.18 bits per heavy atom. The molecule has 4 rings (SSSR count). The third kappa shape index (κ3) is 3.71. The van der Waals surface area contributed by atoms with E-state index < -0.39 is 0 Å². The zero-order chi connectivity index (χ0) is 19.3. The third-order valence-corrected chi connectivity index (χ3v) is 4.77. The first kappa shape index (κ1) is 17.7. The highest BCUT2D eigenvalue weighted by molar-refractivity contribution is 5.89. The molecule has 0 saturated carbocycles. The molecule has 7 nitrogen and oxygen atoms in total. The highest BCUT2D eigenvalue weighted by Crippen LogP contribution is 2.31. The van der Waals surface area contributed by atoms with Gasteiger partial charge in [0.2, 0.25) is 11.7 Å². The minimum Gasteiger partial charge on any atom is -0.337 e. The van der Waals surface area contributed by atoms with Crippen LogP contribution in [0.4, 0.5) is 10.5 Å². The summed E-state index contributed by atoms with van der Waals surface area (Å²) < 4.78 is 5.50. The molecule has 0 unspecified atom stereocenters. The number of likely N-dealkylation sites (tertiary alicyclic amines) is 1. The van der Waals surface area contributed by atoms with Crippen LogP contribution in [0.3, 0.4) is 0 Å². The summed E-state index contributed by atoms with van der Waals surface area (Å²) in [7, 11) is 0. The molecule has 1 atom stereocenters. The van der Waals surface area contributed by atoms with Gasteiger partial charge in [0.05, 0.1) is 11.6 Å². The lowest BCUT2D eigenvalue weighted by Gasteiger charge is -2.33. The van der Waals surface area contributed by atoms with Crippen LogP contribution in [0.1, 0.15) is 36.8 Å². The second-order valence-electron chi connectivity index (χ2n) is 6.65. The summed E-state index contributed by atoms with van der Waals surface area (Å²) in [6.07, 6.45) is 2.67. The maximum atomic E-state index is 12.9. The number of carbonyl (C=O) groups is 1. The van der Waals surface area contributed by atoms with Gasteiger partial charge in [-0.15, -0.1) is 0 Å². The average Bonchev–Trinajstić information content (AvgIpc) is 3.25. The Bertz CT molecular complexity index is 1010. The normalized spacial score (nSPS) is 16.4. The van der Waals surface area contributed by atoms with Crippen LogP contribution in [-0.4, -0.2) is 27.6 Å². The van der Waals surface area contributed by atoms with Gasteiger partial charge in [-0.25, -0.2) is 4.79 Å². The molecular weight excluding hydrogens is 354 g/mol. The van der Waals surface area contributed by atoms with Crippen molar-refractivity contribution >= 4 is 11.7 Å². The van der Waals surface area contributed by atoms with Gasteiger partial charge in [0.15, 0.2) is 0 Å². The van der Waals surface area contributed by atoms with Gasteiger partial charge < -0.3 is 14.7 Å². The Morgan fingerprint density at radius 2 is 2.04 bits per heavy atom. The monoisotopic (exact) mass is 373 g/mol. The summed E-state index contributed by atoms with van der Waals surface area (Å²) >= 11 is 0. The lowest BCUT2D eigenvalue weighted by molar-refractivity contribution is 0.142. The molecule has 28 heavy (non-hydrogen) atoms. The fourth-order valence-electron chi connectivity index (χ4n) is 3.37. The summed E-state index contributed by atoms with van der Waals surface area (Å²) in [6.45, 7) is 0.609. The van der Waals surface area contributed by atoms with Crippen molar-refractivity contribution in [3.63, 3.8) is 0 Å². The van der Waals surface area contributed by atoms with Gasteiger partial charge >= 0.3 is 6.03 Å². The van der Waals surface area contributed by atoms with Crippen molar-refractivity contribution in [2.45, 2.75) is 25.3 Å². The van der Waals surface area contributed by atoms with E-state index in [2.05, 4.69) is 21.5 Å². The molecular formula is C21H19N5O2. The number of amides is 2. The molecule has 2 aromatic carbocycles. The summed E-state index contributed by atoms with van der Waals surface area (Å²) in [5.74, 6) is 0.961. The van der Waals surface area contributed by atoms with Crippen LogP contribution in [0.5, 0.6) is 0 Å². The molecule has 1 saturated heterocycles. The Morgan fingerprint density at radius 3 is 2.86 bits per heavy atom. The molecule has 0 spiro atoms. The summed E-state index contributed by atoms with van der Waals surface area (Å²) in [4.78, 5) is 19.1. The molecule has 1 N–H and O–H groups in total. The van der Waals surface area contributed by atoms with Crippen molar-refractivity contribution in [3.8, 4) is 17.5 Å². The lowest BCUT2D eigenvalue weighted by atomic mass is 10.0. The quantitative estimate of drug-likeness (QED) is 0.736. The number of anilines is 1. The topological polar surface area (TPSA) is 95.1 Å². The molecule has 1 aliphatic heterocycles. The first-order valence-corrected chi connectivity index (χ1v) is 9.21. The van der Waals surface area contributed by atoms with Crippen LogP contribution in [-0.2, 0) is 0 Å². The number of aromatic nitrogens is 2. The van der Waals surface area contributed by atoms with Crippen molar-refractivity contribution in [1.82, 2.24) is 15.0 Å². The maximum Gasteiger partial charge on any atom is 0.322 e. The summed E-state index contributed by atoms with van der Waals surface area (Å²) in [6, 6.07) is 18.0. The SMILES string of the molecule is N#Cc1cccc(NC(=O)N2CCCC[C@@H]2c2nc(-c3ccccc3)no2)c1. The van der Waals surface area contributed by atoms with Gasteiger partial charge in [-0.2, -0.15) is 10.2 Å². The van der Waals surface area contributed by atoms with E-state index in [0.717, 1.165) is 24.8 Å². The van der Waals surface area contributed by atoms with Gasteiger partial charge in [-0.05, 0) is 37.5 Å². The van der Waals surface area contributed by atoms with E-state index in [4.69, 9.17) is 9.78 Å². The molecule has 2 heterocycles. The van der Waals surface area contributed by atoms with Gasteiger partial charge in [-0.3, -0.25) is 0 Å². The van der Waals surface area contributed by atoms with Crippen LogP contribution in [0.2, 0.25) is 0 Å². The first-order chi connectivity index (χ1) is 13.7. The van der Waals surface area contributed by atoms with Crippen LogP contribution in [0.25, 0.3) is 11.4 Å². The molecule has 2 amide bonds. The van der Waals surface area contributed by atoms with Crippen LogP contribution >= 0.6 is 0 Å². The largest absolute Gasteiger partial charge is 0.337 e. The Balaban J connectivity index is 1.54. The fourth-order valence-corrected chi connectivity index (χ4v) is 3.37. The van der Waals surface area contributed by atoms with E-state index in [1.165, 1.54) is 0 Å². The maximum absolute atomic E-state index is 12.9. The summed E-state index contributed by atoms with van der Waals surface area (Å²) in [5, 5.41) is 16.0. The predicted octanol–water partition coefficient (Wildman–Crippen LogP) is 4.37. The average molecular weight is 373 g/mol. The van der Waals surface area contributed by atoms with E-state index >= 15 is 0 Å². The van der Waals surface area contributed by atoms with E-state index in [0.29, 0.717) is 29.5 Å². The summed E-state index contributed by atoms with van der Waals surface area (Å²) in [5.41, 5.74) is 1.96. The number of nitrogens with one attached hydrogen (secondary N) is 1. The number of hydrogen-bond acceptors (Lipinski definition) is 5. The van der Waals surface area contributed by atoms with E-state index in [-0.39, 0.29) is 12.1 Å². The van der Waals surface area contributed by atoms with E-state index in [1.807, 2.05) is 30.3 Å². The number of benzene rings is 2. The number of urea groups is 1. The molecule has 1 aromatic heterocycles. The lowest BCUT2D eigenvalue weighted by Crippen LogP contribution is -2.41. The van der Waals surface area contributed by atoms with Gasteiger partial charge in [0.25, 0.3) is 0 Å². The van der Waals surface area contributed by atoms with Crippen LogP contribution < -0.4 is 5.32 Å². The number of nitriles is 1. The predicted molar refractivity (Wildman–Crippen MR) is 103 cm³/mol. The number of hydrogen-bond donors (Lipinski definition) is 1. The number of carbonyl (C=O) groups excluding carboxylic acids is 1. The van der Waals surface area contributed by atoms with Crippen LogP contribution in [0, 0.1) is 11.3 Å². The molecule has 7 heteroatoms. The molecule has 0 radical (unpaired) electrons. The molecule has 0 bridgehead atoms. The van der Waals surface area contributed by atoms with Crippen molar-refractivity contribution in [2.75, 3.05) is 11.9 Å². The highest BCUT2D eigenvalue weighted by atomic mass is 16.5. The van der Waals surface area contributed by atoms with Gasteiger partial charge in [0.1, 0.15) is 6.04 Å². The zero-order valence-corrected chi connectivity index (χ0v) is 15.2. The first-order valence-electron chi connectivity index (χ1n) is 9.21. The third-order valence-electron chi connectivity index (χ3n) is 4.77. The van der Waals surface area contributed by atoms with Gasteiger partial charge in [-0.1, -0.05) is 41.6 Å². The van der Waals surface area contributed by atoms with Crippen LogP contribution in [0.15, 0.2) is 59.1 Å². The van der Waals surface area contributed by atoms with Gasteiger partial charge in [0, 0.05) is 17.8 Å².